The van der Waals surface area contributed by atoms with Gasteiger partial charge in [-0.1, -0.05) is 11.6 Å². The number of hydrogen-bond donors (Lipinski definition) is 2. The van der Waals surface area contributed by atoms with E-state index in [0.717, 1.165) is 38.2 Å². The summed E-state index contributed by atoms with van der Waals surface area (Å²) in [5, 5.41) is 4.08. The van der Waals surface area contributed by atoms with E-state index in [-0.39, 0.29) is 5.91 Å². The van der Waals surface area contributed by atoms with Gasteiger partial charge < -0.3 is 15.8 Å². The van der Waals surface area contributed by atoms with Crippen molar-refractivity contribution in [3.63, 3.8) is 0 Å². The van der Waals surface area contributed by atoms with E-state index in [9.17, 15) is 4.79 Å². The molecule has 0 spiro atoms. The lowest BCUT2D eigenvalue weighted by atomic mass is 10.2. The summed E-state index contributed by atoms with van der Waals surface area (Å²) in [6, 6.07) is 5.08. The highest BCUT2D eigenvalue weighted by Gasteiger charge is 2.14. The second-order valence-electron chi connectivity index (χ2n) is 5.07. The van der Waals surface area contributed by atoms with Crippen molar-refractivity contribution in [1.82, 2.24) is 0 Å². The Labute approximate surface area is 134 Å². The minimum absolute atomic E-state index is 0.00315. The van der Waals surface area contributed by atoms with Crippen LogP contribution in [-0.4, -0.2) is 30.1 Å². The molecule has 1 amide bonds. The Morgan fingerprint density at radius 3 is 2.90 bits per heavy atom. The van der Waals surface area contributed by atoms with Crippen molar-refractivity contribution in [3.8, 4) is 0 Å². The molecule has 0 saturated carbocycles. The number of carbonyl (C=O) groups is 1. The van der Waals surface area contributed by atoms with Crippen LogP contribution in [0.1, 0.15) is 25.7 Å². The van der Waals surface area contributed by atoms with Crippen LogP contribution in [0.3, 0.4) is 0 Å². The first-order valence-corrected chi connectivity index (χ1v) is 8.62. The topological polar surface area (TPSA) is 64.3 Å². The second kappa shape index (κ2) is 8.51. The molecule has 0 atom stereocenters. The summed E-state index contributed by atoms with van der Waals surface area (Å²) in [6.45, 7) is 1.74. The number of benzene rings is 1. The van der Waals surface area contributed by atoms with Gasteiger partial charge in [-0.05, 0) is 43.2 Å². The molecule has 2 rings (SSSR count). The maximum absolute atomic E-state index is 11.9. The second-order valence-corrected chi connectivity index (χ2v) is 6.91. The van der Waals surface area contributed by atoms with Crippen molar-refractivity contribution in [2.24, 2.45) is 0 Å². The molecule has 1 aliphatic rings. The third kappa shape index (κ3) is 5.77. The largest absolute Gasteiger partial charge is 0.397 e. The molecule has 0 aliphatic carbocycles. The lowest BCUT2D eigenvalue weighted by Crippen LogP contribution is -2.18. The number of ether oxygens (including phenoxy) is 1. The Balaban J connectivity index is 1.65. The maximum atomic E-state index is 11.9. The van der Waals surface area contributed by atoms with Gasteiger partial charge in [-0.3, -0.25) is 4.79 Å². The Hall–Kier alpha value is -0.910. The highest BCUT2D eigenvalue weighted by Crippen LogP contribution is 2.24. The number of anilines is 2. The predicted octanol–water partition coefficient (Wildman–Crippen LogP) is 3.55. The highest BCUT2D eigenvalue weighted by atomic mass is 35.5. The monoisotopic (exact) mass is 328 g/mol. The minimum atomic E-state index is -0.00315. The van der Waals surface area contributed by atoms with Crippen molar-refractivity contribution in [2.75, 3.05) is 30.0 Å². The smallest absolute Gasteiger partial charge is 0.224 e. The summed E-state index contributed by atoms with van der Waals surface area (Å²) < 4.78 is 5.33. The third-order valence-corrected chi connectivity index (χ3v) is 5.06. The molecular formula is C15H21ClN2O2S. The average Bonchev–Trinajstić information content (AvgIpc) is 2.48. The van der Waals surface area contributed by atoms with Crippen LogP contribution < -0.4 is 11.1 Å². The van der Waals surface area contributed by atoms with E-state index >= 15 is 0 Å². The quantitative estimate of drug-likeness (QED) is 0.619. The van der Waals surface area contributed by atoms with E-state index in [1.165, 1.54) is 0 Å². The molecule has 1 aromatic rings. The van der Waals surface area contributed by atoms with Crippen LogP contribution >= 0.6 is 23.4 Å². The summed E-state index contributed by atoms with van der Waals surface area (Å²) >= 11 is 7.77. The number of thioether (sulfide) groups is 1. The van der Waals surface area contributed by atoms with Crippen LogP contribution in [-0.2, 0) is 9.53 Å². The van der Waals surface area contributed by atoms with E-state index in [2.05, 4.69) is 5.32 Å². The SMILES string of the molecule is Nc1cc(Cl)ccc1NC(=O)CCCSC1CCOCC1. The Bertz CT molecular complexity index is 479. The van der Waals surface area contributed by atoms with Crippen LogP contribution in [0.4, 0.5) is 11.4 Å². The molecule has 1 fully saturated rings. The summed E-state index contributed by atoms with van der Waals surface area (Å²) in [4.78, 5) is 11.9. The normalized spacial score (nSPS) is 15.9. The van der Waals surface area contributed by atoms with Crippen molar-refractivity contribution < 1.29 is 9.53 Å². The molecule has 3 N–H and O–H groups in total. The van der Waals surface area contributed by atoms with Gasteiger partial charge in [0, 0.05) is 29.9 Å². The fourth-order valence-electron chi connectivity index (χ4n) is 2.19. The molecule has 1 aromatic carbocycles. The first-order chi connectivity index (χ1) is 10.1. The lowest BCUT2D eigenvalue weighted by molar-refractivity contribution is -0.116. The van der Waals surface area contributed by atoms with Gasteiger partial charge in [0.2, 0.25) is 5.91 Å². The number of carbonyl (C=O) groups excluding carboxylic acids is 1. The van der Waals surface area contributed by atoms with Crippen LogP contribution in [0.2, 0.25) is 5.02 Å². The van der Waals surface area contributed by atoms with Crippen LogP contribution in [0.15, 0.2) is 18.2 Å². The summed E-state index contributed by atoms with van der Waals surface area (Å²) in [6.07, 6.45) is 3.63. The maximum Gasteiger partial charge on any atom is 0.224 e. The van der Waals surface area contributed by atoms with Crippen LogP contribution in [0.25, 0.3) is 0 Å². The standard InChI is InChI=1S/C15H21ClN2O2S/c16-11-3-4-14(13(17)10-11)18-15(19)2-1-9-21-12-5-7-20-8-6-12/h3-4,10,12H,1-2,5-9,17H2,(H,18,19). The average molecular weight is 329 g/mol. The van der Waals surface area contributed by atoms with Gasteiger partial charge in [-0.15, -0.1) is 0 Å². The molecule has 1 heterocycles. The van der Waals surface area contributed by atoms with Crippen LogP contribution in [0, 0.1) is 0 Å². The molecular weight excluding hydrogens is 308 g/mol. The van der Waals surface area contributed by atoms with Gasteiger partial charge in [0.1, 0.15) is 0 Å². The zero-order valence-electron chi connectivity index (χ0n) is 11.9. The van der Waals surface area contributed by atoms with Gasteiger partial charge in [0.05, 0.1) is 11.4 Å². The number of nitrogens with one attached hydrogen (secondary N) is 1. The first-order valence-electron chi connectivity index (χ1n) is 7.19. The van der Waals surface area contributed by atoms with Crippen molar-refractivity contribution in [2.45, 2.75) is 30.9 Å². The number of rotatable bonds is 6. The fraction of sp³-hybridized carbons (Fsp3) is 0.533. The fourth-order valence-corrected chi connectivity index (χ4v) is 3.54. The van der Waals surface area contributed by atoms with E-state index in [4.69, 9.17) is 22.1 Å². The zero-order valence-corrected chi connectivity index (χ0v) is 13.5. The molecule has 1 saturated heterocycles. The molecule has 0 unspecified atom stereocenters. The zero-order chi connectivity index (χ0) is 15.1. The molecule has 1 aliphatic heterocycles. The number of nitrogens with two attached hydrogens (primary N) is 1. The lowest BCUT2D eigenvalue weighted by Gasteiger charge is -2.21. The third-order valence-electron chi connectivity index (χ3n) is 3.36. The molecule has 6 heteroatoms. The Morgan fingerprint density at radius 1 is 1.43 bits per heavy atom. The molecule has 116 valence electrons. The number of amides is 1. The van der Waals surface area contributed by atoms with Crippen molar-refractivity contribution in [1.29, 1.82) is 0 Å². The summed E-state index contributed by atoms with van der Waals surface area (Å²) in [7, 11) is 0. The molecule has 0 aromatic heterocycles. The Morgan fingerprint density at radius 2 is 2.19 bits per heavy atom. The Kier molecular flexibility index (Phi) is 6.67. The molecule has 21 heavy (non-hydrogen) atoms. The first kappa shape index (κ1) is 16.5. The summed E-state index contributed by atoms with van der Waals surface area (Å²) in [5.74, 6) is 1.00. The summed E-state index contributed by atoms with van der Waals surface area (Å²) in [5.41, 5.74) is 6.93. The van der Waals surface area contributed by atoms with E-state index in [0.29, 0.717) is 28.1 Å². The number of nitrogen functional groups attached to an aromatic ring is 1. The van der Waals surface area contributed by atoms with E-state index in [1.807, 2.05) is 11.8 Å². The van der Waals surface area contributed by atoms with Gasteiger partial charge >= 0.3 is 0 Å². The molecule has 0 bridgehead atoms. The van der Waals surface area contributed by atoms with Gasteiger partial charge in [0.15, 0.2) is 0 Å². The van der Waals surface area contributed by atoms with Gasteiger partial charge in [0.25, 0.3) is 0 Å². The van der Waals surface area contributed by atoms with Crippen LogP contribution in [0.5, 0.6) is 0 Å². The van der Waals surface area contributed by atoms with E-state index in [1.54, 1.807) is 18.2 Å². The van der Waals surface area contributed by atoms with E-state index < -0.39 is 0 Å². The molecule has 4 nitrogen and oxygen atoms in total. The number of hydrogen-bond acceptors (Lipinski definition) is 4. The van der Waals surface area contributed by atoms with Gasteiger partial charge in [-0.25, -0.2) is 0 Å². The highest BCUT2D eigenvalue weighted by molar-refractivity contribution is 7.99. The van der Waals surface area contributed by atoms with Gasteiger partial charge in [-0.2, -0.15) is 11.8 Å². The number of halogens is 1. The molecule has 0 radical (unpaired) electrons. The van der Waals surface area contributed by atoms with Crippen molar-refractivity contribution >= 4 is 40.6 Å². The minimum Gasteiger partial charge on any atom is -0.397 e. The van der Waals surface area contributed by atoms with Crippen molar-refractivity contribution in [3.05, 3.63) is 23.2 Å². The predicted molar refractivity (Wildman–Crippen MR) is 90.0 cm³/mol.